The number of thiazole rings is 1. The highest BCUT2D eigenvalue weighted by Crippen LogP contribution is 2.23. The van der Waals surface area contributed by atoms with Crippen LogP contribution in [0, 0.1) is 0 Å². The van der Waals surface area contributed by atoms with Crippen molar-refractivity contribution in [2.45, 2.75) is 26.3 Å². The fraction of sp³-hybridized carbons (Fsp3) is 0.364. The molecule has 0 saturated carbocycles. The number of anilines is 2. The maximum Gasteiger partial charge on any atom is 0.149 e. The molecule has 0 spiro atoms. The summed E-state index contributed by atoms with van der Waals surface area (Å²) in [6.45, 7) is 4.18. The summed E-state index contributed by atoms with van der Waals surface area (Å²) in [6, 6.07) is 3.66. The van der Waals surface area contributed by atoms with Gasteiger partial charge in [-0.2, -0.15) is 0 Å². The average Bonchev–Trinajstić information content (AvgIpc) is 2.81. The molecule has 2 heterocycles. The average molecular weight is 249 g/mol. The maximum atomic E-state index is 5.48. The second kappa shape index (κ2) is 5.09. The largest absolute Gasteiger partial charge is 0.382 e. The predicted molar refractivity (Wildman–Crippen MR) is 70.0 cm³/mol. The first-order valence-electron chi connectivity index (χ1n) is 5.49. The third-order valence-corrected chi connectivity index (χ3v) is 3.66. The zero-order chi connectivity index (χ0) is 12.3. The van der Waals surface area contributed by atoms with Crippen LogP contribution in [0.3, 0.4) is 0 Å². The van der Waals surface area contributed by atoms with E-state index in [0.717, 1.165) is 11.4 Å². The molecular weight excluding hydrogens is 234 g/mol. The second-order valence-electron chi connectivity index (χ2n) is 3.73. The topological polar surface area (TPSA) is 76.7 Å². The minimum absolute atomic E-state index is 0.123. The number of aromatic nitrogens is 3. The molecule has 3 N–H and O–H groups in total. The van der Waals surface area contributed by atoms with E-state index >= 15 is 0 Å². The Morgan fingerprint density at radius 2 is 2.24 bits per heavy atom. The lowest BCUT2D eigenvalue weighted by atomic mass is 10.3. The van der Waals surface area contributed by atoms with Crippen LogP contribution < -0.4 is 11.1 Å². The van der Waals surface area contributed by atoms with Crippen LogP contribution >= 0.6 is 11.3 Å². The Bertz CT molecular complexity index is 479. The Morgan fingerprint density at radius 1 is 1.41 bits per heavy atom. The molecule has 0 aromatic carbocycles. The van der Waals surface area contributed by atoms with Gasteiger partial charge in [-0.1, -0.05) is 6.92 Å². The predicted octanol–water partition coefficient (Wildman–Crippen LogP) is 2.25. The summed E-state index contributed by atoms with van der Waals surface area (Å²) in [5, 5.41) is 12.1. The third kappa shape index (κ3) is 2.91. The first-order valence-corrected chi connectivity index (χ1v) is 6.31. The Hall–Kier alpha value is -1.69. The number of hydrogen-bond donors (Lipinski definition) is 2. The molecule has 90 valence electrons. The number of nitrogens with zero attached hydrogens (tertiary/aromatic N) is 3. The summed E-state index contributed by atoms with van der Waals surface area (Å²) in [5.74, 6) is 1.13. The molecule has 2 aromatic rings. The van der Waals surface area contributed by atoms with Crippen LogP contribution in [0.4, 0.5) is 11.6 Å². The Morgan fingerprint density at radius 3 is 2.82 bits per heavy atom. The van der Waals surface area contributed by atoms with Gasteiger partial charge in [0.15, 0.2) is 0 Å². The lowest BCUT2D eigenvalue weighted by molar-refractivity contribution is 0.850. The van der Waals surface area contributed by atoms with Crippen molar-refractivity contribution in [3.05, 3.63) is 28.2 Å². The van der Waals surface area contributed by atoms with Crippen LogP contribution in [0.5, 0.6) is 0 Å². The number of aryl methyl sites for hydroxylation is 1. The van der Waals surface area contributed by atoms with Crippen LogP contribution in [0.25, 0.3) is 0 Å². The Labute approximate surface area is 104 Å². The van der Waals surface area contributed by atoms with E-state index in [-0.39, 0.29) is 6.04 Å². The highest BCUT2D eigenvalue weighted by molar-refractivity contribution is 7.11. The summed E-state index contributed by atoms with van der Waals surface area (Å²) in [4.78, 5) is 5.67. The summed E-state index contributed by atoms with van der Waals surface area (Å²) in [6.07, 6.45) is 2.94. The van der Waals surface area contributed by atoms with E-state index in [0.29, 0.717) is 11.6 Å². The standard InChI is InChI=1S/C11H15N5S/c1-3-8-6-13-11(17-8)7(2)14-10-5-4-9(12)15-16-10/h4-7H,3H2,1-2H3,(H2,12,15)(H,14,16). The first kappa shape index (κ1) is 11.8. The molecule has 2 aromatic heterocycles. The number of nitrogens with two attached hydrogens (primary N) is 1. The van der Waals surface area contributed by atoms with Gasteiger partial charge in [0.25, 0.3) is 0 Å². The molecule has 0 aliphatic carbocycles. The van der Waals surface area contributed by atoms with E-state index in [1.165, 1.54) is 4.88 Å². The van der Waals surface area contributed by atoms with Gasteiger partial charge in [-0.15, -0.1) is 21.5 Å². The van der Waals surface area contributed by atoms with Crippen molar-refractivity contribution >= 4 is 23.0 Å². The summed E-state index contributed by atoms with van der Waals surface area (Å²) >= 11 is 1.72. The van der Waals surface area contributed by atoms with Gasteiger partial charge in [0.05, 0.1) is 6.04 Å². The summed E-state index contributed by atoms with van der Waals surface area (Å²) < 4.78 is 0. The fourth-order valence-electron chi connectivity index (χ4n) is 1.39. The third-order valence-electron chi connectivity index (χ3n) is 2.34. The van der Waals surface area contributed by atoms with Gasteiger partial charge in [-0.3, -0.25) is 0 Å². The van der Waals surface area contributed by atoms with Gasteiger partial charge in [0.2, 0.25) is 0 Å². The maximum absolute atomic E-state index is 5.48. The van der Waals surface area contributed by atoms with Gasteiger partial charge >= 0.3 is 0 Å². The van der Waals surface area contributed by atoms with E-state index in [4.69, 9.17) is 5.73 Å². The van der Waals surface area contributed by atoms with Gasteiger partial charge in [-0.05, 0) is 25.5 Å². The SMILES string of the molecule is CCc1cnc(C(C)Nc2ccc(N)nn2)s1. The molecule has 0 amide bonds. The zero-order valence-corrected chi connectivity index (χ0v) is 10.7. The van der Waals surface area contributed by atoms with Crippen LogP contribution in [0.2, 0.25) is 0 Å². The van der Waals surface area contributed by atoms with E-state index in [1.54, 1.807) is 17.4 Å². The normalized spacial score (nSPS) is 12.4. The van der Waals surface area contributed by atoms with E-state index in [9.17, 15) is 0 Å². The summed E-state index contributed by atoms with van der Waals surface area (Å²) in [5.41, 5.74) is 5.48. The molecular formula is C11H15N5S. The highest BCUT2D eigenvalue weighted by Gasteiger charge is 2.10. The molecule has 5 nitrogen and oxygen atoms in total. The lowest BCUT2D eigenvalue weighted by Gasteiger charge is -2.10. The van der Waals surface area contributed by atoms with Crippen LogP contribution in [0.1, 0.15) is 29.8 Å². The Balaban J connectivity index is 2.05. The van der Waals surface area contributed by atoms with Gasteiger partial charge in [0.1, 0.15) is 16.6 Å². The van der Waals surface area contributed by atoms with Crippen molar-refractivity contribution in [1.29, 1.82) is 0 Å². The van der Waals surface area contributed by atoms with Crippen LogP contribution in [0.15, 0.2) is 18.3 Å². The van der Waals surface area contributed by atoms with Gasteiger partial charge in [0, 0.05) is 11.1 Å². The summed E-state index contributed by atoms with van der Waals surface area (Å²) in [7, 11) is 0. The van der Waals surface area contributed by atoms with Crippen molar-refractivity contribution in [2.75, 3.05) is 11.1 Å². The minimum atomic E-state index is 0.123. The van der Waals surface area contributed by atoms with Gasteiger partial charge < -0.3 is 11.1 Å². The molecule has 1 unspecified atom stereocenters. The van der Waals surface area contributed by atoms with Crippen LogP contribution in [-0.2, 0) is 6.42 Å². The Kier molecular flexibility index (Phi) is 3.53. The minimum Gasteiger partial charge on any atom is -0.382 e. The highest BCUT2D eigenvalue weighted by atomic mass is 32.1. The monoisotopic (exact) mass is 249 g/mol. The molecule has 1 atom stereocenters. The molecule has 0 radical (unpaired) electrons. The number of rotatable bonds is 4. The molecule has 0 saturated heterocycles. The van der Waals surface area contributed by atoms with E-state index in [2.05, 4.69) is 34.3 Å². The molecule has 0 bridgehead atoms. The van der Waals surface area contributed by atoms with Crippen molar-refractivity contribution in [3.63, 3.8) is 0 Å². The number of hydrogen-bond acceptors (Lipinski definition) is 6. The smallest absolute Gasteiger partial charge is 0.149 e. The molecule has 0 aliphatic heterocycles. The quantitative estimate of drug-likeness (QED) is 0.869. The molecule has 0 fully saturated rings. The van der Waals surface area contributed by atoms with Crippen molar-refractivity contribution in [3.8, 4) is 0 Å². The fourth-order valence-corrected chi connectivity index (χ4v) is 2.25. The number of nitrogens with one attached hydrogen (secondary N) is 1. The molecule has 0 aliphatic rings. The van der Waals surface area contributed by atoms with E-state index in [1.807, 2.05) is 12.3 Å². The lowest BCUT2D eigenvalue weighted by Crippen LogP contribution is -2.08. The second-order valence-corrected chi connectivity index (χ2v) is 4.87. The van der Waals surface area contributed by atoms with Crippen molar-refractivity contribution < 1.29 is 0 Å². The number of nitrogen functional groups attached to an aromatic ring is 1. The molecule has 2 rings (SSSR count). The van der Waals surface area contributed by atoms with Gasteiger partial charge in [-0.25, -0.2) is 4.98 Å². The first-order chi connectivity index (χ1) is 8.19. The van der Waals surface area contributed by atoms with Crippen molar-refractivity contribution in [1.82, 2.24) is 15.2 Å². The molecule has 6 heteroatoms. The van der Waals surface area contributed by atoms with E-state index < -0.39 is 0 Å². The zero-order valence-electron chi connectivity index (χ0n) is 9.84. The van der Waals surface area contributed by atoms with Crippen LogP contribution in [-0.4, -0.2) is 15.2 Å². The molecule has 17 heavy (non-hydrogen) atoms. The van der Waals surface area contributed by atoms with Crippen molar-refractivity contribution in [2.24, 2.45) is 0 Å².